The molecule has 140 valence electrons. The molecular formula is C21H24N4O2. The van der Waals surface area contributed by atoms with Crippen molar-refractivity contribution >= 4 is 28.9 Å². The summed E-state index contributed by atoms with van der Waals surface area (Å²) in [5.74, 6) is -0.179. The highest BCUT2D eigenvalue weighted by atomic mass is 16.2. The summed E-state index contributed by atoms with van der Waals surface area (Å²) in [6.45, 7) is 2.13. The van der Waals surface area contributed by atoms with Gasteiger partial charge in [-0.3, -0.25) is 19.4 Å². The van der Waals surface area contributed by atoms with Crippen LogP contribution in [0.3, 0.4) is 0 Å². The molecule has 0 bridgehead atoms. The van der Waals surface area contributed by atoms with Crippen LogP contribution in [-0.2, 0) is 9.59 Å². The maximum atomic E-state index is 12.9. The van der Waals surface area contributed by atoms with Crippen molar-refractivity contribution < 1.29 is 9.59 Å². The van der Waals surface area contributed by atoms with Gasteiger partial charge in [0.1, 0.15) is 6.54 Å². The van der Waals surface area contributed by atoms with Crippen LogP contribution in [0.1, 0.15) is 12.8 Å². The Morgan fingerprint density at radius 3 is 2.74 bits per heavy atom. The summed E-state index contributed by atoms with van der Waals surface area (Å²) < 4.78 is 0. The number of hydrogen-bond acceptors (Lipinski definition) is 4. The van der Waals surface area contributed by atoms with E-state index in [1.54, 1.807) is 4.90 Å². The number of benzene rings is 2. The van der Waals surface area contributed by atoms with Crippen LogP contribution in [0.4, 0.5) is 17.1 Å². The van der Waals surface area contributed by atoms with Gasteiger partial charge in [-0.15, -0.1) is 0 Å². The maximum absolute atomic E-state index is 12.9. The number of fused-ring (bicyclic) bond motifs is 1. The number of nitrogens with one attached hydrogen (secondary N) is 2. The van der Waals surface area contributed by atoms with E-state index in [-0.39, 0.29) is 18.4 Å². The van der Waals surface area contributed by atoms with Crippen LogP contribution in [0.25, 0.3) is 0 Å². The highest BCUT2D eigenvalue weighted by molar-refractivity contribution is 6.10. The Morgan fingerprint density at radius 1 is 1.11 bits per heavy atom. The van der Waals surface area contributed by atoms with Crippen molar-refractivity contribution in [3.8, 4) is 0 Å². The van der Waals surface area contributed by atoms with Crippen molar-refractivity contribution in [2.24, 2.45) is 0 Å². The number of likely N-dealkylation sites (tertiary alicyclic amines) is 1. The fourth-order valence-electron chi connectivity index (χ4n) is 3.82. The van der Waals surface area contributed by atoms with Gasteiger partial charge in [-0.05, 0) is 43.7 Å². The zero-order chi connectivity index (χ0) is 18.6. The summed E-state index contributed by atoms with van der Waals surface area (Å²) in [5, 5.41) is 6.38. The van der Waals surface area contributed by atoms with Gasteiger partial charge in [0.25, 0.3) is 0 Å². The third-order valence-corrected chi connectivity index (χ3v) is 5.08. The molecule has 1 fully saturated rings. The first-order chi connectivity index (χ1) is 13.2. The molecular weight excluding hydrogens is 340 g/mol. The van der Waals surface area contributed by atoms with Crippen LogP contribution in [-0.4, -0.2) is 48.9 Å². The number of rotatable bonds is 4. The zero-order valence-electron chi connectivity index (χ0n) is 15.2. The van der Waals surface area contributed by atoms with Crippen molar-refractivity contribution in [1.29, 1.82) is 0 Å². The molecule has 0 spiro atoms. The molecule has 2 N–H and O–H groups in total. The highest BCUT2D eigenvalue weighted by Gasteiger charge is 2.29. The van der Waals surface area contributed by atoms with Crippen molar-refractivity contribution in [3.63, 3.8) is 0 Å². The van der Waals surface area contributed by atoms with Gasteiger partial charge in [0.2, 0.25) is 11.8 Å². The smallest absolute Gasteiger partial charge is 0.244 e. The van der Waals surface area contributed by atoms with E-state index in [4.69, 9.17) is 0 Å². The molecule has 2 aromatic carbocycles. The summed E-state index contributed by atoms with van der Waals surface area (Å²) in [6, 6.07) is 17.9. The van der Waals surface area contributed by atoms with E-state index in [1.165, 1.54) is 0 Å². The quantitative estimate of drug-likeness (QED) is 0.875. The van der Waals surface area contributed by atoms with Gasteiger partial charge in [-0.2, -0.15) is 0 Å². The molecule has 0 saturated carbocycles. The molecule has 6 heteroatoms. The summed E-state index contributed by atoms with van der Waals surface area (Å²) in [7, 11) is 0. The van der Waals surface area contributed by atoms with E-state index in [0.717, 1.165) is 37.3 Å². The lowest BCUT2D eigenvalue weighted by molar-refractivity contribution is -0.122. The van der Waals surface area contributed by atoms with Crippen LogP contribution in [0.2, 0.25) is 0 Å². The van der Waals surface area contributed by atoms with Gasteiger partial charge < -0.3 is 10.6 Å². The van der Waals surface area contributed by atoms with Crippen molar-refractivity contribution in [1.82, 2.24) is 4.90 Å². The normalized spacial score (nSPS) is 19.9. The predicted molar refractivity (Wildman–Crippen MR) is 107 cm³/mol. The van der Waals surface area contributed by atoms with Crippen molar-refractivity contribution in [3.05, 3.63) is 54.6 Å². The van der Waals surface area contributed by atoms with Gasteiger partial charge in [0.15, 0.2) is 0 Å². The number of carbonyl (C=O) groups is 2. The monoisotopic (exact) mass is 364 g/mol. The number of nitrogens with zero attached hydrogens (tertiary/aromatic N) is 2. The fraction of sp³-hybridized carbons (Fsp3) is 0.333. The second kappa shape index (κ2) is 7.80. The van der Waals surface area contributed by atoms with Gasteiger partial charge in [0, 0.05) is 18.3 Å². The number of piperidine rings is 1. The molecule has 4 rings (SSSR count). The Balaban J connectivity index is 1.40. The molecule has 1 unspecified atom stereocenters. The largest absolute Gasteiger partial charge is 0.381 e. The van der Waals surface area contributed by atoms with Gasteiger partial charge in [-0.25, -0.2) is 0 Å². The van der Waals surface area contributed by atoms with E-state index in [9.17, 15) is 9.59 Å². The maximum Gasteiger partial charge on any atom is 0.244 e. The Kier molecular flexibility index (Phi) is 5.07. The number of carbonyl (C=O) groups excluding carboxylic acids is 2. The van der Waals surface area contributed by atoms with E-state index < -0.39 is 0 Å². The second-order valence-electron chi connectivity index (χ2n) is 7.13. The Labute approximate surface area is 159 Å². The molecule has 2 aliphatic rings. The lowest BCUT2D eigenvalue weighted by Gasteiger charge is -2.35. The molecule has 2 heterocycles. The summed E-state index contributed by atoms with van der Waals surface area (Å²) >= 11 is 0. The van der Waals surface area contributed by atoms with E-state index in [1.807, 2.05) is 42.5 Å². The molecule has 27 heavy (non-hydrogen) atoms. The van der Waals surface area contributed by atoms with Crippen LogP contribution < -0.4 is 15.5 Å². The molecule has 2 amide bonds. The van der Waals surface area contributed by atoms with Gasteiger partial charge >= 0.3 is 0 Å². The van der Waals surface area contributed by atoms with Crippen LogP contribution in [0.5, 0.6) is 0 Å². The Hall–Kier alpha value is -2.86. The zero-order valence-corrected chi connectivity index (χ0v) is 15.2. The molecule has 0 aliphatic carbocycles. The standard InChI is InChI=1S/C21H24N4O2/c26-20-14-25(19-11-5-4-10-18(19)23-20)21(27)15-24-12-6-9-17(13-24)22-16-7-2-1-3-8-16/h1-5,7-8,10-11,17,22H,6,9,12-15H2,(H,23,26). The second-order valence-corrected chi connectivity index (χ2v) is 7.13. The van der Waals surface area contributed by atoms with E-state index in [2.05, 4.69) is 27.7 Å². The first kappa shape index (κ1) is 17.5. The van der Waals surface area contributed by atoms with Gasteiger partial charge in [0.05, 0.1) is 17.9 Å². The van der Waals surface area contributed by atoms with Gasteiger partial charge in [-0.1, -0.05) is 30.3 Å². The first-order valence-corrected chi connectivity index (χ1v) is 9.42. The number of amides is 2. The van der Waals surface area contributed by atoms with Crippen molar-refractivity contribution in [2.75, 3.05) is 41.7 Å². The fourth-order valence-corrected chi connectivity index (χ4v) is 3.82. The third kappa shape index (κ3) is 4.11. The van der Waals surface area contributed by atoms with E-state index in [0.29, 0.717) is 18.3 Å². The van der Waals surface area contributed by atoms with Crippen LogP contribution >= 0.6 is 0 Å². The Morgan fingerprint density at radius 2 is 1.89 bits per heavy atom. The number of hydrogen-bond donors (Lipinski definition) is 2. The minimum atomic E-state index is -0.149. The molecule has 6 nitrogen and oxygen atoms in total. The molecule has 0 radical (unpaired) electrons. The lowest BCUT2D eigenvalue weighted by atomic mass is 10.0. The predicted octanol–water partition coefficient (Wildman–Crippen LogP) is 2.55. The first-order valence-electron chi connectivity index (χ1n) is 9.42. The summed E-state index contributed by atoms with van der Waals surface area (Å²) in [6.07, 6.45) is 2.14. The SMILES string of the molecule is O=C1CN(C(=O)CN2CCCC(Nc3ccccc3)C2)c2ccccc2N1. The lowest BCUT2D eigenvalue weighted by Crippen LogP contribution is -2.50. The number of anilines is 3. The summed E-state index contributed by atoms with van der Waals surface area (Å²) in [4.78, 5) is 28.7. The average Bonchev–Trinajstić information content (AvgIpc) is 2.68. The molecule has 1 atom stereocenters. The molecule has 2 aliphatic heterocycles. The number of para-hydroxylation sites is 3. The summed E-state index contributed by atoms with van der Waals surface area (Å²) in [5.41, 5.74) is 2.58. The van der Waals surface area contributed by atoms with Crippen LogP contribution in [0.15, 0.2) is 54.6 Å². The minimum absolute atomic E-state index is 0.0299. The highest BCUT2D eigenvalue weighted by Crippen LogP contribution is 2.29. The average molecular weight is 364 g/mol. The molecule has 0 aromatic heterocycles. The van der Waals surface area contributed by atoms with Crippen molar-refractivity contribution in [2.45, 2.75) is 18.9 Å². The third-order valence-electron chi connectivity index (χ3n) is 5.08. The topological polar surface area (TPSA) is 64.7 Å². The molecule has 2 aromatic rings. The Bertz CT molecular complexity index is 824. The molecule has 1 saturated heterocycles. The van der Waals surface area contributed by atoms with Crippen LogP contribution in [0, 0.1) is 0 Å². The minimum Gasteiger partial charge on any atom is -0.381 e. The van der Waals surface area contributed by atoms with E-state index >= 15 is 0 Å².